The van der Waals surface area contributed by atoms with Crippen molar-refractivity contribution in [2.75, 3.05) is 26.7 Å². The van der Waals surface area contributed by atoms with Crippen LogP contribution >= 0.6 is 0 Å². The highest BCUT2D eigenvalue weighted by Crippen LogP contribution is 2.17. The average molecular weight is 340 g/mol. The van der Waals surface area contributed by atoms with Gasteiger partial charge in [-0.2, -0.15) is 0 Å². The van der Waals surface area contributed by atoms with Gasteiger partial charge in [-0.1, -0.05) is 30.3 Å². The van der Waals surface area contributed by atoms with E-state index in [1.54, 1.807) is 6.26 Å². The lowest BCUT2D eigenvalue weighted by molar-refractivity contribution is -0.133. The molecule has 1 aliphatic rings. The summed E-state index contributed by atoms with van der Waals surface area (Å²) in [6.45, 7) is 3.18. The average Bonchev–Trinajstić information content (AvgIpc) is 3.18. The topological polar surface area (TPSA) is 36.7 Å². The fourth-order valence-electron chi connectivity index (χ4n) is 3.55. The molecule has 1 amide bonds. The lowest BCUT2D eigenvalue weighted by Gasteiger charge is -2.37. The summed E-state index contributed by atoms with van der Waals surface area (Å²) in [6.07, 6.45) is 6.20. The summed E-state index contributed by atoms with van der Waals surface area (Å²) in [6, 6.07) is 14.8. The van der Waals surface area contributed by atoms with Crippen LogP contribution in [0, 0.1) is 0 Å². The molecule has 0 saturated carbocycles. The Hall–Kier alpha value is -2.07. The summed E-state index contributed by atoms with van der Waals surface area (Å²) in [5, 5.41) is 0. The number of hydrogen-bond acceptors (Lipinski definition) is 3. The highest BCUT2D eigenvalue weighted by Gasteiger charge is 2.25. The van der Waals surface area contributed by atoms with Gasteiger partial charge in [-0.25, -0.2) is 0 Å². The summed E-state index contributed by atoms with van der Waals surface area (Å²) in [7, 11) is 1.95. The number of carbonyl (C=O) groups is 1. The van der Waals surface area contributed by atoms with E-state index in [0.29, 0.717) is 18.9 Å². The van der Waals surface area contributed by atoms with Crippen molar-refractivity contribution in [1.82, 2.24) is 9.80 Å². The predicted octanol–water partition coefficient (Wildman–Crippen LogP) is 3.38. The van der Waals surface area contributed by atoms with Gasteiger partial charge in [0.15, 0.2) is 0 Å². The number of piperidine rings is 1. The number of furan rings is 1. The van der Waals surface area contributed by atoms with E-state index in [1.165, 1.54) is 5.56 Å². The molecule has 2 heterocycles. The molecule has 0 N–H and O–H groups in total. The summed E-state index contributed by atoms with van der Waals surface area (Å²) in [4.78, 5) is 16.9. The molecule has 1 saturated heterocycles. The lowest BCUT2D eigenvalue weighted by Crippen LogP contribution is -2.49. The zero-order valence-electron chi connectivity index (χ0n) is 15.1. The molecule has 0 bridgehead atoms. The molecule has 0 radical (unpaired) electrons. The summed E-state index contributed by atoms with van der Waals surface area (Å²) in [5.74, 6) is 1.10. The maximum absolute atomic E-state index is 12.5. The number of carbonyl (C=O) groups excluding carboxylic acids is 1. The molecule has 3 rings (SSSR count). The number of rotatable bonds is 7. The van der Waals surface area contributed by atoms with E-state index in [2.05, 4.69) is 35.2 Å². The SMILES string of the molecule is CN(C(=O)CCc1ccco1)C1CCCN(CCc2ccccc2)C1. The van der Waals surface area contributed by atoms with Crippen molar-refractivity contribution in [2.45, 2.75) is 38.1 Å². The first-order valence-electron chi connectivity index (χ1n) is 9.26. The third kappa shape index (κ3) is 5.20. The number of benzene rings is 1. The number of aryl methyl sites for hydroxylation is 1. The Labute approximate surface area is 150 Å². The standard InChI is InChI=1S/C21H28N2O2/c1-22(21(24)12-11-20-10-6-16-25-20)19-9-5-14-23(17-19)15-13-18-7-3-2-4-8-18/h2-4,6-8,10,16,19H,5,9,11-15,17H2,1H3. The van der Waals surface area contributed by atoms with E-state index < -0.39 is 0 Å². The van der Waals surface area contributed by atoms with Crippen molar-refractivity contribution in [3.63, 3.8) is 0 Å². The molecule has 1 aromatic heterocycles. The Morgan fingerprint density at radius 1 is 1.20 bits per heavy atom. The van der Waals surface area contributed by atoms with Gasteiger partial charge in [0, 0.05) is 39.0 Å². The van der Waals surface area contributed by atoms with Crippen molar-refractivity contribution >= 4 is 5.91 Å². The molecule has 2 aromatic rings. The summed E-state index contributed by atoms with van der Waals surface area (Å²) >= 11 is 0. The Kier molecular flexibility index (Phi) is 6.29. The summed E-state index contributed by atoms with van der Waals surface area (Å²) in [5.41, 5.74) is 1.38. The first kappa shape index (κ1) is 17.7. The molecule has 4 heteroatoms. The molecular weight excluding hydrogens is 312 g/mol. The predicted molar refractivity (Wildman–Crippen MR) is 99.4 cm³/mol. The van der Waals surface area contributed by atoms with Gasteiger partial charge in [-0.15, -0.1) is 0 Å². The molecule has 4 nitrogen and oxygen atoms in total. The molecular formula is C21H28N2O2. The van der Waals surface area contributed by atoms with Crippen molar-refractivity contribution in [1.29, 1.82) is 0 Å². The quantitative estimate of drug-likeness (QED) is 0.775. The highest BCUT2D eigenvalue weighted by molar-refractivity contribution is 5.76. The number of amides is 1. The lowest BCUT2D eigenvalue weighted by atomic mass is 10.0. The maximum atomic E-state index is 12.5. The normalized spacial score (nSPS) is 18.2. The Morgan fingerprint density at radius 3 is 2.80 bits per heavy atom. The minimum atomic E-state index is 0.214. The van der Waals surface area contributed by atoms with Crippen molar-refractivity contribution in [2.24, 2.45) is 0 Å². The molecule has 1 aliphatic heterocycles. The number of hydrogen-bond donors (Lipinski definition) is 0. The molecule has 0 aliphatic carbocycles. The Balaban J connectivity index is 1.45. The number of likely N-dealkylation sites (tertiary alicyclic amines) is 1. The van der Waals surface area contributed by atoms with Crippen molar-refractivity contribution in [3.8, 4) is 0 Å². The summed E-state index contributed by atoms with van der Waals surface area (Å²) < 4.78 is 5.32. The van der Waals surface area contributed by atoms with Crippen LogP contribution in [0.3, 0.4) is 0 Å². The third-order valence-electron chi connectivity index (χ3n) is 5.15. The van der Waals surface area contributed by atoms with Crippen LogP contribution < -0.4 is 0 Å². The molecule has 25 heavy (non-hydrogen) atoms. The maximum Gasteiger partial charge on any atom is 0.223 e. The largest absolute Gasteiger partial charge is 0.469 e. The minimum absolute atomic E-state index is 0.214. The van der Waals surface area contributed by atoms with Gasteiger partial charge in [0.1, 0.15) is 5.76 Å². The zero-order chi connectivity index (χ0) is 17.5. The van der Waals surface area contributed by atoms with Crippen LogP contribution in [0.5, 0.6) is 0 Å². The monoisotopic (exact) mass is 340 g/mol. The van der Waals surface area contributed by atoms with E-state index in [9.17, 15) is 4.79 Å². The van der Waals surface area contributed by atoms with E-state index >= 15 is 0 Å². The fraction of sp³-hybridized carbons (Fsp3) is 0.476. The van der Waals surface area contributed by atoms with Crippen LogP contribution in [-0.2, 0) is 17.6 Å². The van der Waals surface area contributed by atoms with Gasteiger partial charge in [0.25, 0.3) is 0 Å². The van der Waals surface area contributed by atoms with Gasteiger partial charge in [-0.3, -0.25) is 4.79 Å². The van der Waals surface area contributed by atoms with Crippen molar-refractivity contribution in [3.05, 3.63) is 60.1 Å². The van der Waals surface area contributed by atoms with Crippen LogP contribution in [0.1, 0.15) is 30.6 Å². The first-order chi connectivity index (χ1) is 12.2. The first-order valence-corrected chi connectivity index (χ1v) is 9.26. The molecule has 1 atom stereocenters. The van der Waals surface area contributed by atoms with Gasteiger partial charge in [0.05, 0.1) is 6.26 Å². The molecule has 134 valence electrons. The van der Waals surface area contributed by atoms with Crippen molar-refractivity contribution < 1.29 is 9.21 Å². The van der Waals surface area contributed by atoms with Crippen LogP contribution in [0.2, 0.25) is 0 Å². The molecule has 0 spiro atoms. The van der Waals surface area contributed by atoms with Gasteiger partial charge in [-0.05, 0) is 43.5 Å². The Bertz CT molecular complexity index is 639. The second kappa shape index (κ2) is 8.86. The third-order valence-corrected chi connectivity index (χ3v) is 5.15. The second-order valence-corrected chi connectivity index (χ2v) is 6.92. The second-order valence-electron chi connectivity index (χ2n) is 6.92. The minimum Gasteiger partial charge on any atom is -0.469 e. The van der Waals surface area contributed by atoms with E-state index in [1.807, 2.05) is 24.1 Å². The van der Waals surface area contributed by atoms with E-state index in [4.69, 9.17) is 4.42 Å². The van der Waals surface area contributed by atoms with Crippen LogP contribution in [0.25, 0.3) is 0 Å². The number of likely N-dealkylation sites (N-methyl/N-ethyl adjacent to an activating group) is 1. The smallest absolute Gasteiger partial charge is 0.223 e. The fourth-order valence-corrected chi connectivity index (χ4v) is 3.55. The van der Waals surface area contributed by atoms with Crippen LogP contribution in [0.4, 0.5) is 0 Å². The number of nitrogens with zero attached hydrogens (tertiary/aromatic N) is 2. The van der Waals surface area contributed by atoms with Gasteiger partial charge in [0.2, 0.25) is 5.91 Å². The zero-order valence-corrected chi connectivity index (χ0v) is 15.1. The van der Waals surface area contributed by atoms with Gasteiger partial charge < -0.3 is 14.2 Å². The van der Waals surface area contributed by atoms with E-state index in [0.717, 1.165) is 44.7 Å². The Morgan fingerprint density at radius 2 is 2.04 bits per heavy atom. The molecule has 1 unspecified atom stereocenters. The molecule has 1 fully saturated rings. The van der Waals surface area contributed by atoms with Crippen LogP contribution in [-0.4, -0.2) is 48.4 Å². The van der Waals surface area contributed by atoms with Gasteiger partial charge >= 0.3 is 0 Å². The highest BCUT2D eigenvalue weighted by atomic mass is 16.3. The van der Waals surface area contributed by atoms with E-state index in [-0.39, 0.29) is 5.91 Å². The van der Waals surface area contributed by atoms with Crippen LogP contribution in [0.15, 0.2) is 53.1 Å². The molecule has 1 aromatic carbocycles.